The topological polar surface area (TPSA) is 49.4 Å². The number of nitrogens with one attached hydrogen (secondary N) is 1. The van der Waals surface area contributed by atoms with Crippen LogP contribution < -0.4 is 10.2 Å². The van der Waals surface area contributed by atoms with E-state index in [2.05, 4.69) is 5.32 Å². The van der Waals surface area contributed by atoms with Crippen LogP contribution >= 0.6 is 11.6 Å². The van der Waals surface area contributed by atoms with Gasteiger partial charge in [-0.15, -0.1) is 0 Å². The zero-order valence-corrected chi connectivity index (χ0v) is 15.0. The number of carbonyl (C=O) groups excluding carboxylic acids is 2. The van der Waals surface area contributed by atoms with Gasteiger partial charge in [-0.2, -0.15) is 0 Å². The smallest absolute Gasteiger partial charge is 0.251 e. The van der Waals surface area contributed by atoms with Gasteiger partial charge in [-0.3, -0.25) is 9.59 Å². The molecule has 1 aliphatic heterocycles. The summed E-state index contributed by atoms with van der Waals surface area (Å²) in [5, 5.41) is 3.16. The van der Waals surface area contributed by atoms with Crippen LogP contribution in [0.3, 0.4) is 0 Å². The van der Waals surface area contributed by atoms with Crippen molar-refractivity contribution < 1.29 is 14.0 Å². The van der Waals surface area contributed by atoms with Gasteiger partial charge in [0.25, 0.3) is 5.91 Å². The molecule has 0 fully saturated rings. The third-order valence-corrected chi connectivity index (χ3v) is 4.52. The van der Waals surface area contributed by atoms with Crippen LogP contribution in [-0.4, -0.2) is 18.4 Å². The largest absolute Gasteiger partial charge is 0.326 e. The van der Waals surface area contributed by atoms with Gasteiger partial charge >= 0.3 is 0 Å². The van der Waals surface area contributed by atoms with Crippen molar-refractivity contribution in [2.75, 3.05) is 16.8 Å². The maximum absolute atomic E-state index is 14.3. The monoisotopic (exact) mass is 372 g/mol. The average molecular weight is 373 g/mol. The number of rotatable bonds is 3. The first-order chi connectivity index (χ1) is 12.5. The molecular weight excluding hydrogens is 355 g/mol. The Labute approximate surface area is 156 Å². The first-order valence-corrected chi connectivity index (χ1v) is 8.67. The van der Waals surface area contributed by atoms with Crippen LogP contribution in [-0.2, 0) is 16.0 Å². The van der Waals surface area contributed by atoms with Crippen LogP contribution in [0.15, 0.2) is 42.5 Å². The zero-order chi connectivity index (χ0) is 18.7. The van der Waals surface area contributed by atoms with Crippen molar-refractivity contribution in [3.8, 4) is 0 Å². The minimum Gasteiger partial charge on any atom is -0.326 e. The molecule has 0 saturated heterocycles. The van der Waals surface area contributed by atoms with Gasteiger partial charge in [0.15, 0.2) is 0 Å². The fraction of sp³-hybridized carbons (Fsp3) is 0.200. The number of benzene rings is 2. The highest BCUT2D eigenvalue weighted by molar-refractivity contribution is 6.32. The first-order valence-electron chi connectivity index (χ1n) is 8.30. The number of halogens is 2. The Bertz CT molecular complexity index is 878. The molecule has 0 aromatic heterocycles. The van der Waals surface area contributed by atoms with E-state index in [1.165, 1.54) is 30.0 Å². The molecule has 1 heterocycles. The van der Waals surface area contributed by atoms with E-state index in [9.17, 15) is 14.0 Å². The lowest BCUT2D eigenvalue weighted by atomic mass is 10.0. The van der Waals surface area contributed by atoms with E-state index in [1.807, 2.05) is 0 Å². The van der Waals surface area contributed by atoms with Crippen LogP contribution in [0.5, 0.6) is 0 Å². The van der Waals surface area contributed by atoms with Crippen LogP contribution in [0.2, 0.25) is 5.02 Å². The maximum Gasteiger partial charge on any atom is 0.251 e. The fourth-order valence-corrected chi connectivity index (χ4v) is 3.24. The average Bonchev–Trinajstić information content (AvgIpc) is 2.63. The van der Waals surface area contributed by atoms with Gasteiger partial charge < -0.3 is 10.2 Å². The maximum atomic E-state index is 14.3. The Hall–Kier alpha value is -2.66. The summed E-state index contributed by atoms with van der Waals surface area (Å²) in [6.45, 7) is 1.89. The number of hydrogen-bond donors (Lipinski definition) is 1. The fourth-order valence-electron chi connectivity index (χ4n) is 3.00. The van der Waals surface area contributed by atoms with E-state index < -0.39 is 5.82 Å². The first kappa shape index (κ1) is 18.1. The van der Waals surface area contributed by atoms with Crippen LogP contribution in [0.25, 0.3) is 6.08 Å². The van der Waals surface area contributed by atoms with E-state index >= 15 is 0 Å². The van der Waals surface area contributed by atoms with Crippen molar-refractivity contribution in [1.29, 1.82) is 0 Å². The second-order valence-corrected chi connectivity index (χ2v) is 6.49. The SMILES string of the molecule is CC(=O)Nc1ccc(/C=C/C(=O)N2CCCc3c(Cl)ccc(F)c32)cc1. The van der Waals surface area contributed by atoms with Crippen molar-refractivity contribution in [3.63, 3.8) is 0 Å². The standard InChI is InChI=1S/C20H18ClFN2O2/c1-13(25)23-15-7-4-14(5-8-15)6-11-19(26)24-12-2-3-16-17(21)9-10-18(22)20(16)24/h4-11H,2-3,12H2,1H3,(H,23,25)/b11-6+. The molecule has 0 aliphatic carbocycles. The van der Waals surface area contributed by atoms with Gasteiger partial charge in [-0.05, 0) is 54.3 Å². The summed E-state index contributed by atoms with van der Waals surface area (Å²) in [6.07, 6.45) is 4.48. The normalized spacial score (nSPS) is 13.6. The molecule has 4 nitrogen and oxygen atoms in total. The molecule has 0 unspecified atom stereocenters. The van der Waals surface area contributed by atoms with Crippen molar-refractivity contribution >= 4 is 40.9 Å². The van der Waals surface area contributed by atoms with Crippen LogP contribution in [0.1, 0.15) is 24.5 Å². The molecule has 0 spiro atoms. The number of anilines is 2. The highest BCUT2D eigenvalue weighted by Gasteiger charge is 2.26. The summed E-state index contributed by atoms with van der Waals surface area (Å²) in [6, 6.07) is 9.89. The summed E-state index contributed by atoms with van der Waals surface area (Å²) in [5.74, 6) is -0.878. The summed E-state index contributed by atoms with van der Waals surface area (Å²) in [4.78, 5) is 25.0. The highest BCUT2D eigenvalue weighted by atomic mass is 35.5. The quantitative estimate of drug-likeness (QED) is 0.810. The Kier molecular flexibility index (Phi) is 5.38. The van der Waals surface area contributed by atoms with E-state index in [0.29, 0.717) is 29.2 Å². The van der Waals surface area contributed by atoms with Crippen molar-refractivity contribution in [3.05, 3.63) is 64.4 Å². The molecule has 134 valence electrons. The number of hydrogen-bond acceptors (Lipinski definition) is 2. The molecule has 0 atom stereocenters. The molecule has 0 saturated carbocycles. The van der Waals surface area contributed by atoms with Crippen molar-refractivity contribution in [2.24, 2.45) is 0 Å². The molecule has 2 amide bonds. The third-order valence-electron chi connectivity index (χ3n) is 4.17. The second-order valence-electron chi connectivity index (χ2n) is 6.09. The molecule has 0 radical (unpaired) electrons. The molecule has 2 aromatic rings. The summed E-state index contributed by atoms with van der Waals surface area (Å²) in [5.41, 5.74) is 2.44. The van der Waals surface area contributed by atoms with Gasteiger partial charge in [0, 0.05) is 30.3 Å². The number of nitrogens with zero attached hydrogens (tertiary/aromatic N) is 1. The molecule has 0 bridgehead atoms. The summed E-state index contributed by atoms with van der Waals surface area (Å²) >= 11 is 6.16. The summed E-state index contributed by atoms with van der Waals surface area (Å²) < 4.78 is 14.3. The Balaban J connectivity index is 1.78. The summed E-state index contributed by atoms with van der Waals surface area (Å²) in [7, 11) is 0. The van der Waals surface area contributed by atoms with Gasteiger partial charge in [0.05, 0.1) is 5.69 Å². The van der Waals surface area contributed by atoms with Gasteiger partial charge in [-0.1, -0.05) is 23.7 Å². The van der Waals surface area contributed by atoms with Gasteiger partial charge in [0.1, 0.15) is 5.82 Å². The van der Waals surface area contributed by atoms with E-state index in [-0.39, 0.29) is 17.5 Å². The van der Waals surface area contributed by atoms with Crippen molar-refractivity contribution in [1.82, 2.24) is 0 Å². The van der Waals surface area contributed by atoms with Crippen molar-refractivity contribution in [2.45, 2.75) is 19.8 Å². The van der Waals surface area contributed by atoms with Crippen LogP contribution in [0, 0.1) is 5.82 Å². The lowest BCUT2D eigenvalue weighted by Gasteiger charge is -2.29. The minimum absolute atomic E-state index is 0.145. The molecule has 1 N–H and O–H groups in total. The number of amides is 2. The molecule has 1 aliphatic rings. The Morgan fingerprint density at radius 1 is 1.19 bits per heavy atom. The number of carbonyl (C=O) groups is 2. The zero-order valence-electron chi connectivity index (χ0n) is 14.3. The van der Waals surface area contributed by atoms with Gasteiger partial charge in [-0.25, -0.2) is 4.39 Å². The van der Waals surface area contributed by atoms with E-state index in [4.69, 9.17) is 11.6 Å². The Morgan fingerprint density at radius 2 is 1.92 bits per heavy atom. The predicted octanol–water partition coefficient (Wildman–Crippen LogP) is 4.43. The third kappa shape index (κ3) is 3.94. The predicted molar refractivity (Wildman–Crippen MR) is 102 cm³/mol. The molecule has 2 aromatic carbocycles. The number of fused-ring (bicyclic) bond motifs is 1. The molecule has 6 heteroatoms. The van der Waals surface area contributed by atoms with E-state index in [0.717, 1.165) is 12.0 Å². The molecule has 26 heavy (non-hydrogen) atoms. The van der Waals surface area contributed by atoms with Crippen LogP contribution in [0.4, 0.5) is 15.8 Å². The van der Waals surface area contributed by atoms with E-state index in [1.54, 1.807) is 30.3 Å². The highest BCUT2D eigenvalue weighted by Crippen LogP contribution is 2.35. The lowest BCUT2D eigenvalue weighted by molar-refractivity contribution is -0.115. The lowest BCUT2D eigenvalue weighted by Crippen LogP contribution is -2.35. The molecule has 3 rings (SSSR count). The second kappa shape index (κ2) is 7.70. The molecular formula is C20H18ClFN2O2. The Morgan fingerprint density at radius 3 is 2.62 bits per heavy atom. The van der Waals surface area contributed by atoms with Gasteiger partial charge in [0.2, 0.25) is 5.91 Å². The minimum atomic E-state index is -0.439.